The van der Waals surface area contributed by atoms with Crippen molar-refractivity contribution in [1.29, 1.82) is 0 Å². The van der Waals surface area contributed by atoms with E-state index in [2.05, 4.69) is 9.36 Å². The van der Waals surface area contributed by atoms with Crippen LogP contribution < -0.4 is 5.48 Å². The minimum Gasteiger partial charge on any atom is -0.448 e. The molecule has 0 aromatic heterocycles. The molecule has 0 aliphatic rings. The standard InChI is InChI=1S/C11H22NO6PS/c1-3-4-7-17-11(14)12-18-19(15,16)9-10(13)6-5-8-20-2/h3-9H2,1-2H3,(H,12,14)(H,15,16). The van der Waals surface area contributed by atoms with Gasteiger partial charge in [-0.25, -0.2) is 4.79 Å². The Morgan fingerprint density at radius 2 is 2.05 bits per heavy atom. The Bertz CT molecular complexity index is 352. The second-order valence-corrected chi connectivity index (χ2v) is 6.87. The number of nitrogens with one attached hydrogen (secondary N) is 1. The van der Waals surface area contributed by atoms with Crippen LogP contribution in [0.5, 0.6) is 0 Å². The molecule has 1 atom stereocenters. The van der Waals surface area contributed by atoms with Crippen molar-refractivity contribution in [3.05, 3.63) is 0 Å². The highest BCUT2D eigenvalue weighted by Gasteiger charge is 2.25. The van der Waals surface area contributed by atoms with Crippen molar-refractivity contribution < 1.29 is 28.4 Å². The monoisotopic (exact) mass is 327 g/mol. The molecule has 0 aromatic rings. The van der Waals surface area contributed by atoms with Gasteiger partial charge in [0.2, 0.25) is 0 Å². The molecule has 0 saturated carbocycles. The molecule has 0 aliphatic heterocycles. The van der Waals surface area contributed by atoms with Gasteiger partial charge in [0, 0.05) is 6.42 Å². The van der Waals surface area contributed by atoms with Crippen LogP contribution in [-0.4, -0.2) is 41.5 Å². The van der Waals surface area contributed by atoms with Gasteiger partial charge in [0.1, 0.15) is 11.9 Å². The molecule has 0 saturated heterocycles. The van der Waals surface area contributed by atoms with Crippen molar-refractivity contribution in [2.45, 2.75) is 32.6 Å². The second-order valence-electron chi connectivity index (χ2n) is 4.11. The molecule has 1 unspecified atom stereocenters. The number of hydrogen-bond donors (Lipinski definition) is 2. The SMILES string of the molecule is CCCCOC(=O)NOP(=O)(O)CC(=O)CCCSC. The molecule has 1 amide bonds. The highest BCUT2D eigenvalue weighted by atomic mass is 32.2. The van der Waals surface area contributed by atoms with E-state index in [1.54, 1.807) is 17.2 Å². The third-order valence-corrected chi connectivity index (χ3v) is 4.01. The number of carbonyl (C=O) groups excluding carboxylic acids is 2. The second kappa shape index (κ2) is 11.1. The zero-order valence-electron chi connectivity index (χ0n) is 11.8. The van der Waals surface area contributed by atoms with E-state index in [9.17, 15) is 19.0 Å². The van der Waals surface area contributed by atoms with Crippen molar-refractivity contribution >= 4 is 31.2 Å². The maximum atomic E-state index is 11.5. The predicted octanol–water partition coefficient (Wildman–Crippen LogP) is 2.34. The molecule has 9 heteroatoms. The molecule has 0 heterocycles. The minimum atomic E-state index is -4.16. The number of hydrogen-bond acceptors (Lipinski definition) is 6. The summed E-state index contributed by atoms with van der Waals surface area (Å²) < 4.78 is 20.6. The van der Waals surface area contributed by atoms with Gasteiger partial charge in [0.25, 0.3) is 0 Å². The fraction of sp³-hybridized carbons (Fsp3) is 0.818. The van der Waals surface area contributed by atoms with E-state index >= 15 is 0 Å². The van der Waals surface area contributed by atoms with Crippen LogP contribution in [0.4, 0.5) is 4.79 Å². The first kappa shape index (κ1) is 19.4. The van der Waals surface area contributed by atoms with E-state index in [0.717, 1.165) is 12.2 Å². The molecular formula is C11H22NO6PS. The van der Waals surface area contributed by atoms with E-state index in [0.29, 0.717) is 12.8 Å². The molecular weight excluding hydrogens is 305 g/mol. The van der Waals surface area contributed by atoms with Crippen LogP contribution in [0, 0.1) is 0 Å². The number of carbonyl (C=O) groups is 2. The van der Waals surface area contributed by atoms with E-state index in [4.69, 9.17) is 0 Å². The molecule has 20 heavy (non-hydrogen) atoms. The highest BCUT2D eigenvalue weighted by Crippen LogP contribution is 2.40. The molecule has 0 aliphatic carbocycles. The van der Waals surface area contributed by atoms with Crippen molar-refractivity contribution in [2.24, 2.45) is 0 Å². The van der Waals surface area contributed by atoms with Crippen LogP contribution in [0.25, 0.3) is 0 Å². The highest BCUT2D eigenvalue weighted by molar-refractivity contribution is 7.98. The van der Waals surface area contributed by atoms with Gasteiger partial charge in [0.15, 0.2) is 0 Å². The topological polar surface area (TPSA) is 102 Å². The van der Waals surface area contributed by atoms with Crippen LogP contribution in [0.2, 0.25) is 0 Å². The molecule has 0 rings (SSSR count). The van der Waals surface area contributed by atoms with E-state index < -0.39 is 19.9 Å². The van der Waals surface area contributed by atoms with Gasteiger partial charge in [-0.3, -0.25) is 9.36 Å². The molecule has 0 aromatic carbocycles. The number of unbranched alkanes of at least 4 members (excludes halogenated alkanes) is 1. The van der Waals surface area contributed by atoms with Crippen LogP contribution in [0.1, 0.15) is 32.6 Å². The number of Topliss-reactive ketones (excluding diaryl/α,β-unsaturated/α-hetero) is 1. The van der Waals surface area contributed by atoms with Crippen LogP contribution in [0.15, 0.2) is 0 Å². The minimum absolute atomic E-state index is 0.203. The fourth-order valence-electron chi connectivity index (χ4n) is 1.20. The van der Waals surface area contributed by atoms with E-state index in [1.807, 2.05) is 13.2 Å². The molecule has 7 nitrogen and oxygen atoms in total. The van der Waals surface area contributed by atoms with E-state index in [1.165, 1.54) is 0 Å². The molecule has 0 fully saturated rings. The first-order valence-electron chi connectivity index (χ1n) is 6.35. The van der Waals surface area contributed by atoms with Gasteiger partial charge >= 0.3 is 13.7 Å². The van der Waals surface area contributed by atoms with Crippen molar-refractivity contribution in [1.82, 2.24) is 5.48 Å². The Morgan fingerprint density at radius 3 is 2.65 bits per heavy atom. The van der Waals surface area contributed by atoms with Crippen molar-refractivity contribution in [3.63, 3.8) is 0 Å². The summed E-state index contributed by atoms with van der Waals surface area (Å²) >= 11 is 1.60. The Hall–Kier alpha value is -0.560. The Labute approximate surface area is 123 Å². The Morgan fingerprint density at radius 1 is 1.35 bits per heavy atom. The van der Waals surface area contributed by atoms with Gasteiger partial charge < -0.3 is 9.63 Å². The molecule has 118 valence electrons. The first-order valence-corrected chi connectivity index (χ1v) is 9.50. The number of amides is 1. The van der Waals surface area contributed by atoms with E-state index in [-0.39, 0.29) is 18.8 Å². The summed E-state index contributed by atoms with van der Waals surface area (Å²) in [5.41, 5.74) is 1.72. The summed E-state index contributed by atoms with van der Waals surface area (Å²) in [5.74, 6) is 0.440. The third-order valence-electron chi connectivity index (χ3n) is 2.18. The van der Waals surface area contributed by atoms with Crippen LogP contribution in [-0.2, 0) is 18.7 Å². The molecule has 2 N–H and O–H groups in total. The largest absolute Gasteiger partial charge is 0.448 e. The molecule has 0 spiro atoms. The zero-order chi connectivity index (χ0) is 15.4. The average Bonchev–Trinajstić information content (AvgIpc) is 2.36. The smallest absolute Gasteiger partial charge is 0.431 e. The molecule has 0 bridgehead atoms. The summed E-state index contributed by atoms with van der Waals surface area (Å²) in [4.78, 5) is 31.9. The van der Waals surface area contributed by atoms with Gasteiger partial charge in [-0.05, 0) is 24.9 Å². The summed E-state index contributed by atoms with van der Waals surface area (Å²) in [6.45, 7) is 2.14. The zero-order valence-corrected chi connectivity index (χ0v) is 13.5. The summed E-state index contributed by atoms with van der Waals surface area (Å²) in [7, 11) is -4.16. The number of ether oxygens (including phenoxy) is 1. The third kappa shape index (κ3) is 11.3. The molecule has 0 radical (unpaired) electrons. The normalized spacial score (nSPS) is 13.6. The Kier molecular flexibility index (Phi) is 10.8. The van der Waals surface area contributed by atoms with Gasteiger partial charge in [-0.1, -0.05) is 13.3 Å². The Balaban J connectivity index is 3.91. The summed E-state index contributed by atoms with van der Waals surface area (Å²) in [6, 6.07) is 0. The van der Waals surface area contributed by atoms with Gasteiger partial charge in [-0.2, -0.15) is 21.9 Å². The lowest BCUT2D eigenvalue weighted by Gasteiger charge is -2.11. The van der Waals surface area contributed by atoms with Crippen molar-refractivity contribution in [2.75, 3.05) is 24.8 Å². The van der Waals surface area contributed by atoms with Crippen LogP contribution >= 0.6 is 19.4 Å². The summed E-state index contributed by atoms with van der Waals surface area (Å²) in [5, 5.41) is 0. The number of hydroxylamine groups is 1. The number of ketones is 1. The van der Waals surface area contributed by atoms with Crippen molar-refractivity contribution in [3.8, 4) is 0 Å². The van der Waals surface area contributed by atoms with Gasteiger partial charge in [-0.15, -0.1) is 0 Å². The number of rotatable bonds is 11. The van der Waals surface area contributed by atoms with Crippen LogP contribution in [0.3, 0.4) is 0 Å². The maximum absolute atomic E-state index is 11.5. The maximum Gasteiger partial charge on any atom is 0.431 e. The first-order chi connectivity index (χ1) is 9.41. The average molecular weight is 327 g/mol. The predicted molar refractivity (Wildman–Crippen MR) is 77.8 cm³/mol. The van der Waals surface area contributed by atoms with Gasteiger partial charge in [0.05, 0.1) is 6.61 Å². The summed E-state index contributed by atoms with van der Waals surface area (Å²) in [6.07, 6.45) is 2.77. The lowest BCUT2D eigenvalue weighted by atomic mass is 10.2. The lowest BCUT2D eigenvalue weighted by molar-refractivity contribution is -0.117. The quantitative estimate of drug-likeness (QED) is 0.341. The number of thioether (sulfide) groups is 1. The fourth-order valence-corrected chi connectivity index (χ4v) is 2.51. The lowest BCUT2D eigenvalue weighted by Crippen LogP contribution is -2.25.